The molecule has 3 aromatic heterocycles. The van der Waals surface area contributed by atoms with Crippen molar-refractivity contribution >= 4 is 22.4 Å². The lowest BCUT2D eigenvalue weighted by atomic mass is 10.2. The number of hydrogen-bond donors (Lipinski definition) is 0. The fourth-order valence-corrected chi connectivity index (χ4v) is 2.63. The van der Waals surface area contributed by atoms with Crippen LogP contribution in [0.2, 0.25) is 0 Å². The van der Waals surface area contributed by atoms with Crippen LogP contribution >= 0.6 is 11.3 Å². The number of rotatable bonds is 2. The Morgan fingerprint density at radius 1 is 1.28 bits per heavy atom. The summed E-state index contributed by atoms with van der Waals surface area (Å²) in [6.45, 7) is 0. The highest BCUT2D eigenvalue weighted by Gasteiger charge is 2.12. The maximum absolute atomic E-state index is 12.5. The molecule has 0 atom stereocenters. The van der Waals surface area contributed by atoms with Crippen LogP contribution in [0.4, 0.5) is 8.78 Å². The molecule has 0 aliphatic carbocycles. The maximum Gasteiger partial charge on any atom is 0.272 e. The summed E-state index contributed by atoms with van der Waals surface area (Å²) in [5, 5.41) is 4.10. The van der Waals surface area contributed by atoms with Gasteiger partial charge in [0.15, 0.2) is 0 Å². The largest absolute Gasteiger partial charge is 0.272 e. The number of thiophene rings is 1. The first-order valence-corrected chi connectivity index (χ1v) is 6.13. The summed E-state index contributed by atoms with van der Waals surface area (Å²) in [4.78, 5) is 5.14. The van der Waals surface area contributed by atoms with E-state index in [1.165, 1.54) is 6.07 Å². The highest BCUT2D eigenvalue weighted by atomic mass is 32.1. The molecule has 92 valence electrons. The van der Waals surface area contributed by atoms with E-state index in [1.807, 2.05) is 13.1 Å². The van der Waals surface area contributed by atoms with Gasteiger partial charge in [-0.2, -0.15) is 5.10 Å². The monoisotopic (exact) mass is 265 g/mol. The van der Waals surface area contributed by atoms with Crippen molar-refractivity contribution in [3.05, 3.63) is 35.5 Å². The predicted octanol–water partition coefficient (Wildman–Crippen LogP) is 3.63. The normalized spacial score (nSPS) is 11.6. The quantitative estimate of drug-likeness (QED) is 0.708. The second-order valence-electron chi connectivity index (χ2n) is 3.90. The summed E-state index contributed by atoms with van der Waals surface area (Å²) < 4.78 is 26.8. The van der Waals surface area contributed by atoms with Gasteiger partial charge in [0.1, 0.15) is 5.52 Å². The van der Waals surface area contributed by atoms with E-state index in [9.17, 15) is 8.78 Å². The minimum absolute atomic E-state index is 0.0788. The van der Waals surface area contributed by atoms with Crippen LogP contribution in [0.1, 0.15) is 11.3 Å². The van der Waals surface area contributed by atoms with Crippen molar-refractivity contribution in [1.29, 1.82) is 0 Å². The molecule has 0 saturated heterocycles. The van der Waals surface area contributed by atoms with Gasteiger partial charge in [0.2, 0.25) is 0 Å². The van der Waals surface area contributed by atoms with Gasteiger partial charge >= 0.3 is 0 Å². The Morgan fingerprint density at radius 3 is 2.83 bits per heavy atom. The molecule has 6 heteroatoms. The van der Waals surface area contributed by atoms with Gasteiger partial charge in [0, 0.05) is 23.7 Å². The number of nitrogens with zero attached hydrogens (tertiary/aromatic N) is 3. The molecule has 3 nitrogen and oxygen atoms in total. The van der Waals surface area contributed by atoms with Gasteiger partial charge < -0.3 is 0 Å². The van der Waals surface area contributed by atoms with Crippen LogP contribution in [-0.2, 0) is 7.05 Å². The minimum Gasteiger partial charge on any atom is -0.266 e. The molecule has 0 aliphatic rings. The standard InChI is InChI=1S/C12H9F2N3S/c1-17-9-4-7(5-15-8(9)6-16-17)10-2-3-11(18-10)12(13)14/h2-6,12H,1H3. The Bertz CT molecular complexity index is 702. The Morgan fingerprint density at radius 2 is 2.11 bits per heavy atom. The summed E-state index contributed by atoms with van der Waals surface area (Å²) in [5.41, 5.74) is 2.52. The van der Waals surface area contributed by atoms with Crippen molar-refractivity contribution < 1.29 is 8.78 Å². The van der Waals surface area contributed by atoms with Gasteiger partial charge in [0.05, 0.1) is 16.6 Å². The third-order valence-electron chi connectivity index (χ3n) is 2.73. The lowest BCUT2D eigenvalue weighted by molar-refractivity contribution is 0.155. The molecule has 0 aliphatic heterocycles. The molecule has 0 fully saturated rings. The van der Waals surface area contributed by atoms with Gasteiger partial charge in [-0.15, -0.1) is 11.3 Å². The lowest BCUT2D eigenvalue weighted by Crippen LogP contribution is -1.89. The predicted molar refractivity (Wildman–Crippen MR) is 66.8 cm³/mol. The molecule has 0 amide bonds. The van der Waals surface area contributed by atoms with Crippen molar-refractivity contribution in [2.75, 3.05) is 0 Å². The lowest BCUT2D eigenvalue weighted by Gasteiger charge is -1.99. The second-order valence-corrected chi connectivity index (χ2v) is 5.01. The van der Waals surface area contributed by atoms with Crippen LogP contribution in [0.5, 0.6) is 0 Å². The highest BCUT2D eigenvalue weighted by Crippen LogP contribution is 2.33. The zero-order chi connectivity index (χ0) is 12.7. The summed E-state index contributed by atoms with van der Waals surface area (Å²) >= 11 is 1.09. The molecule has 0 unspecified atom stereocenters. The van der Waals surface area contributed by atoms with Crippen LogP contribution in [-0.4, -0.2) is 14.8 Å². The minimum atomic E-state index is -2.42. The van der Waals surface area contributed by atoms with E-state index >= 15 is 0 Å². The molecule has 3 rings (SSSR count). The van der Waals surface area contributed by atoms with Crippen LogP contribution in [0, 0.1) is 0 Å². The SMILES string of the molecule is Cn1ncc2ncc(-c3ccc(C(F)F)s3)cc21. The van der Waals surface area contributed by atoms with Crippen molar-refractivity contribution in [3.63, 3.8) is 0 Å². The Hall–Kier alpha value is -1.82. The van der Waals surface area contributed by atoms with Crippen molar-refractivity contribution in [1.82, 2.24) is 14.8 Å². The number of aryl methyl sites for hydroxylation is 1. The average Bonchev–Trinajstić information content (AvgIpc) is 2.96. The van der Waals surface area contributed by atoms with E-state index in [4.69, 9.17) is 0 Å². The van der Waals surface area contributed by atoms with Gasteiger partial charge in [-0.05, 0) is 18.2 Å². The molecule has 0 radical (unpaired) electrons. The second kappa shape index (κ2) is 4.13. The Balaban J connectivity index is 2.09. The zero-order valence-electron chi connectivity index (χ0n) is 9.47. The Labute approximate surface area is 106 Å². The Kier molecular flexibility index (Phi) is 2.59. The van der Waals surface area contributed by atoms with Crippen LogP contribution in [0.3, 0.4) is 0 Å². The van der Waals surface area contributed by atoms with E-state index in [0.717, 1.165) is 32.8 Å². The molecule has 0 spiro atoms. The number of aromatic nitrogens is 3. The third-order valence-corrected chi connectivity index (χ3v) is 3.87. The molecule has 3 heterocycles. The van der Waals surface area contributed by atoms with Crippen molar-refractivity contribution in [2.24, 2.45) is 7.05 Å². The number of halogens is 2. The van der Waals surface area contributed by atoms with Gasteiger partial charge in [-0.3, -0.25) is 9.67 Å². The summed E-state index contributed by atoms with van der Waals surface area (Å²) in [6, 6.07) is 5.07. The summed E-state index contributed by atoms with van der Waals surface area (Å²) in [5.74, 6) is 0. The van der Waals surface area contributed by atoms with E-state index < -0.39 is 6.43 Å². The van der Waals surface area contributed by atoms with Gasteiger partial charge in [-0.25, -0.2) is 8.78 Å². The highest BCUT2D eigenvalue weighted by molar-refractivity contribution is 7.15. The first-order valence-electron chi connectivity index (χ1n) is 5.31. The number of fused-ring (bicyclic) bond motifs is 1. The van der Waals surface area contributed by atoms with E-state index in [0.29, 0.717) is 0 Å². The molecule has 0 saturated carbocycles. The molecule has 3 aromatic rings. The van der Waals surface area contributed by atoms with Gasteiger partial charge in [-0.1, -0.05) is 0 Å². The smallest absolute Gasteiger partial charge is 0.266 e. The molecule has 0 bridgehead atoms. The maximum atomic E-state index is 12.5. The molecular formula is C12H9F2N3S. The summed E-state index contributed by atoms with van der Waals surface area (Å²) in [7, 11) is 1.83. The van der Waals surface area contributed by atoms with E-state index in [2.05, 4.69) is 10.1 Å². The number of alkyl halides is 2. The molecular weight excluding hydrogens is 256 g/mol. The number of pyridine rings is 1. The van der Waals surface area contributed by atoms with Crippen LogP contribution in [0.15, 0.2) is 30.6 Å². The van der Waals surface area contributed by atoms with E-state index in [1.54, 1.807) is 23.1 Å². The van der Waals surface area contributed by atoms with Crippen LogP contribution < -0.4 is 0 Å². The average molecular weight is 265 g/mol. The van der Waals surface area contributed by atoms with Crippen LogP contribution in [0.25, 0.3) is 21.5 Å². The fourth-order valence-electron chi connectivity index (χ4n) is 1.79. The summed E-state index contributed by atoms with van der Waals surface area (Å²) in [6.07, 6.45) is 0.945. The zero-order valence-corrected chi connectivity index (χ0v) is 10.3. The van der Waals surface area contributed by atoms with Crippen molar-refractivity contribution in [3.8, 4) is 10.4 Å². The molecule has 0 aromatic carbocycles. The van der Waals surface area contributed by atoms with E-state index in [-0.39, 0.29) is 4.88 Å². The number of hydrogen-bond acceptors (Lipinski definition) is 3. The van der Waals surface area contributed by atoms with Crippen molar-refractivity contribution in [2.45, 2.75) is 6.43 Å². The van der Waals surface area contributed by atoms with Gasteiger partial charge in [0.25, 0.3) is 6.43 Å². The fraction of sp³-hybridized carbons (Fsp3) is 0.167. The topological polar surface area (TPSA) is 30.7 Å². The molecule has 18 heavy (non-hydrogen) atoms. The third kappa shape index (κ3) is 1.78. The first kappa shape index (κ1) is 11.3. The first-order chi connectivity index (χ1) is 8.65. The molecule has 0 N–H and O–H groups in total.